The highest BCUT2D eigenvalue weighted by molar-refractivity contribution is 5.91. The van der Waals surface area contributed by atoms with Gasteiger partial charge in [0.15, 0.2) is 0 Å². The van der Waals surface area contributed by atoms with E-state index in [4.69, 9.17) is 5.21 Å². The van der Waals surface area contributed by atoms with Crippen molar-refractivity contribution in [3.8, 4) is 0 Å². The van der Waals surface area contributed by atoms with E-state index in [1.54, 1.807) is 4.57 Å². The summed E-state index contributed by atoms with van der Waals surface area (Å²) in [4.78, 5) is 28.6. The number of benzene rings is 2. The molecule has 7 heteroatoms. The molecule has 0 aliphatic heterocycles. The monoisotopic (exact) mass is 381 g/mol. The maximum absolute atomic E-state index is 14.4. The van der Waals surface area contributed by atoms with Gasteiger partial charge in [-0.25, -0.2) is 14.9 Å². The van der Waals surface area contributed by atoms with Gasteiger partial charge in [-0.1, -0.05) is 37.3 Å². The number of hydrogen-bond acceptors (Lipinski definition) is 4. The Balaban J connectivity index is 2.02. The smallest absolute Gasteiger partial charge is 0.267 e. The van der Waals surface area contributed by atoms with E-state index in [0.717, 1.165) is 17.7 Å². The van der Waals surface area contributed by atoms with E-state index in [0.29, 0.717) is 30.7 Å². The van der Waals surface area contributed by atoms with E-state index in [2.05, 4.69) is 4.98 Å². The van der Waals surface area contributed by atoms with Gasteiger partial charge in [0.05, 0.1) is 10.9 Å². The lowest BCUT2D eigenvalue weighted by Crippen LogP contribution is -2.26. The molecule has 0 unspecified atom stereocenters. The molecule has 28 heavy (non-hydrogen) atoms. The average Bonchev–Trinajstić information content (AvgIpc) is 2.72. The summed E-state index contributed by atoms with van der Waals surface area (Å²) in [7, 11) is 0. The predicted octanol–water partition coefficient (Wildman–Crippen LogP) is 2.86. The van der Waals surface area contributed by atoms with Crippen LogP contribution in [0.5, 0.6) is 0 Å². The zero-order valence-electron chi connectivity index (χ0n) is 15.4. The molecule has 0 spiro atoms. The first-order valence-corrected chi connectivity index (χ1v) is 8.92. The Morgan fingerprint density at radius 1 is 1.29 bits per heavy atom. The van der Waals surface area contributed by atoms with E-state index in [-0.39, 0.29) is 16.5 Å². The number of amides is 1. The summed E-state index contributed by atoms with van der Waals surface area (Å²) in [6.07, 6.45) is 3.43. The molecule has 0 aliphatic carbocycles. The fraction of sp³-hybridized carbons (Fsp3) is 0.190. The third-order valence-electron chi connectivity index (χ3n) is 4.46. The SMILES string of the molecule is CCc1nc2cc(/C=C/C(=O)NO)c(F)cc2c(=O)n1CCc1ccccc1. The number of halogens is 1. The van der Waals surface area contributed by atoms with Crippen molar-refractivity contribution in [3.05, 3.63) is 81.7 Å². The Morgan fingerprint density at radius 2 is 2.04 bits per heavy atom. The minimum Gasteiger partial charge on any atom is -0.296 e. The molecule has 1 aromatic heterocycles. The molecule has 0 saturated heterocycles. The fourth-order valence-corrected chi connectivity index (χ4v) is 3.02. The van der Waals surface area contributed by atoms with Gasteiger partial charge >= 0.3 is 0 Å². The van der Waals surface area contributed by atoms with Crippen LogP contribution in [0.15, 0.2) is 53.3 Å². The van der Waals surface area contributed by atoms with Crippen molar-refractivity contribution in [2.45, 2.75) is 26.3 Å². The van der Waals surface area contributed by atoms with Gasteiger partial charge < -0.3 is 0 Å². The van der Waals surface area contributed by atoms with Gasteiger partial charge in [0.2, 0.25) is 0 Å². The summed E-state index contributed by atoms with van der Waals surface area (Å²) in [6.45, 7) is 2.36. The Bertz CT molecular complexity index is 1090. The quantitative estimate of drug-likeness (QED) is 0.391. The van der Waals surface area contributed by atoms with Crippen LogP contribution in [0.2, 0.25) is 0 Å². The molecule has 0 fully saturated rings. The van der Waals surface area contributed by atoms with Crippen molar-refractivity contribution in [2.75, 3.05) is 0 Å². The lowest BCUT2D eigenvalue weighted by atomic mass is 10.1. The lowest BCUT2D eigenvalue weighted by Gasteiger charge is -2.13. The Morgan fingerprint density at radius 3 is 2.71 bits per heavy atom. The van der Waals surface area contributed by atoms with Crippen LogP contribution in [0.1, 0.15) is 23.9 Å². The summed E-state index contributed by atoms with van der Waals surface area (Å²) >= 11 is 0. The van der Waals surface area contributed by atoms with E-state index >= 15 is 0 Å². The van der Waals surface area contributed by atoms with Crippen LogP contribution < -0.4 is 11.0 Å². The van der Waals surface area contributed by atoms with Gasteiger partial charge in [-0.05, 0) is 30.2 Å². The molecule has 144 valence electrons. The number of nitrogens with zero attached hydrogens (tertiary/aromatic N) is 2. The zero-order valence-corrected chi connectivity index (χ0v) is 15.4. The fourth-order valence-electron chi connectivity index (χ4n) is 3.02. The number of hydrogen-bond donors (Lipinski definition) is 2. The molecule has 2 N–H and O–H groups in total. The van der Waals surface area contributed by atoms with Crippen LogP contribution in [0.25, 0.3) is 17.0 Å². The number of carbonyl (C=O) groups excluding carboxylic acids is 1. The predicted molar refractivity (Wildman–Crippen MR) is 104 cm³/mol. The van der Waals surface area contributed by atoms with E-state index in [9.17, 15) is 14.0 Å². The minimum atomic E-state index is -0.780. The van der Waals surface area contributed by atoms with Gasteiger partial charge in [-0.15, -0.1) is 0 Å². The molecule has 6 nitrogen and oxygen atoms in total. The summed E-state index contributed by atoms with van der Waals surface area (Å²) in [6, 6.07) is 12.4. The lowest BCUT2D eigenvalue weighted by molar-refractivity contribution is -0.124. The summed E-state index contributed by atoms with van der Waals surface area (Å²) in [5.74, 6) is -0.812. The second kappa shape index (κ2) is 8.58. The number of carbonyl (C=O) groups is 1. The van der Waals surface area contributed by atoms with Crippen LogP contribution in [-0.2, 0) is 24.2 Å². The topological polar surface area (TPSA) is 84.2 Å². The standard InChI is InChI=1S/C21H20FN3O3/c1-2-19-23-18-12-15(8-9-20(26)24-28)17(22)13-16(18)21(27)25(19)11-10-14-6-4-3-5-7-14/h3-9,12-13,28H,2,10-11H2,1H3,(H,24,26)/b9-8+. The van der Waals surface area contributed by atoms with E-state index < -0.39 is 11.7 Å². The molecule has 0 atom stereocenters. The van der Waals surface area contributed by atoms with E-state index in [1.165, 1.54) is 17.6 Å². The molecule has 3 rings (SSSR count). The second-order valence-electron chi connectivity index (χ2n) is 6.27. The van der Waals surface area contributed by atoms with Crippen molar-refractivity contribution in [1.29, 1.82) is 0 Å². The number of hydroxylamine groups is 1. The van der Waals surface area contributed by atoms with Crippen molar-refractivity contribution >= 4 is 22.9 Å². The molecule has 1 heterocycles. The molecule has 0 radical (unpaired) electrons. The van der Waals surface area contributed by atoms with Gasteiger partial charge in [0.1, 0.15) is 11.6 Å². The van der Waals surface area contributed by atoms with Gasteiger partial charge in [-0.3, -0.25) is 19.4 Å². The molecule has 0 bridgehead atoms. The summed E-state index contributed by atoms with van der Waals surface area (Å²) < 4.78 is 16.0. The Labute approximate surface area is 160 Å². The maximum Gasteiger partial charge on any atom is 0.267 e. The molecule has 0 aliphatic rings. The van der Waals surface area contributed by atoms with Crippen LogP contribution in [0.4, 0.5) is 4.39 Å². The summed E-state index contributed by atoms with van der Waals surface area (Å²) in [5, 5.41) is 8.71. The van der Waals surface area contributed by atoms with Crippen molar-refractivity contribution < 1.29 is 14.4 Å². The molecule has 0 saturated carbocycles. The summed E-state index contributed by atoms with van der Waals surface area (Å²) in [5.41, 5.74) is 2.72. The Hall–Kier alpha value is -3.32. The molecule has 3 aromatic rings. The molecular weight excluding hydrogens is 361 g/mol. The van der Waals surface area contributed by atoms with Crippen molar-refractivity contribution in [2.24, 2.45) is 0 Å². The molecule has 1 amide bonds. The van der Waals surface area contributed by atoms with Gasteiger partial charge in [0, 0.05) is 24.6 Å². The van der Waals surface area contributed by atoms with Gasteiger partial charge in [-0.2, -0.15) is 0 Å². The van der Waals surface area contributed by atoms with Crippen LogP contribution in [0, 0.1) is 5.82 Å². The van der Waals surface area contributed by atoms with Crippen molar-refractivity contribution in [1.82, 2.24) is 15.0 Å². The first kappa shape index (κ1) is 19.4. The largest absolute Gasteiger partial charge is 0.296 e. The molecule has 2 aromatic carbocycles. The Kier molecular flexibility index (Phi) is 5.96. The van der Waals surface area contributed by atoms with Crippen LogP contribution >= 0.6 is 0 Å². The average molecular weight is 381 g/mol. The van der Waals surface area contributed by atoms with Crippen LogP contribution in [0.3, 0.4) is 0 Å². The minimum absolute atomic E-state index is 0.104. The number of aromatic nitrogens is 2. The zero-order chi connectivity index (χ0) is 20.1. The number of rotatable bonds is 6. The number of aryl methyl sites for hydroxylation is 2. The van der Waals surface area contributed by atoms with Gasteiger partial charge in [0.25, 0.3) is 11.5 Å². The highest BCUT2D eigenvalue weighted by atomic mass is 19.1. The van der Waals surface area contributed by atoms with E-state index in [1.807, 2.05) is 37.3 Å². The second-order valence-corrected chi connectivity index (χ2v) is 6.27. The number of fused-ring (bicyclic) bond motifs is 1. The first-order chi connectivity index (χ1) is 13.5. The maximum atomic E-state index is 14.4. The third kappa shape index (κ3) is 4.15. The third-order valence-corrected chi connectivity index (χ3v) is 4.46. The normalized spacial score (nSPS) is 11.2. The molecular formula is C21H20FN3O3. The van der Waals surface area contributed by atoms with Crippen molar-refractivity contribution in [3.63, 3.8) is 0 Å². The number of nitrogens with one attached hydrogen (secondary N) is 1. The first-order valence-electron chi connectivity index (χ1n) is 8.92. The highest BCUT2D eigenvalue weighted by Gasteiger charge is 2.13. The highest BCUT2D eigenvalue weighted by Crippen LogP contribution is 2.18. The van der Waals surface area contributed by atoms with Crippen LogP contribution in [-0.4, -0.2) is 20.7 Å².